The lowest BCUT2D eigenvalue weighted by Crippen LogP contribution is -2.32. The van der Waals surface area contributed by atoms with E-state index in [0.717, 1.165) is 50.5 Å². The summed E-state index contributed by atoms with van der Waals surface area (Å²) in [5.41, 5.74) is 1.55. The van der Waals surface area contributed by atoms with Gasteiger partial charge in [-0.1, -0.05) is 6.42 Å². The van der Waals surface area contributed by atoms with Crippen LogP contribution in [0.5, 0.6) is 0 Å². The number of anilines is 2. The molecule has 1 aromatic carbocycles. The summed E-state index contributed by atoms with van der Waals surface area (Å²) >= 11 is 0. The Labute approximate surface area is 162 Å². The van der Waals surface area contributed by atoms with Crippen molar-refractivity contribution in [3.8, 4) is 0 Å². The van der Waals surface area contributed by atoms with E-state index in [1.165, 1.54) is 25.7 Å². The third kappa shape index (κ3) is 6.96. The van der Waals surface area contributed by atoms with Gasteiger partial charge in [0.2, 0.25) is 11.8 Å². The second-order valence-corrected chi connectivity index (χ2v) is 7.72. The highest BCUT2D eigenvalue weighted by Crippen LogP contribution is 2.17. The molecular weight excluding hydrogens is 340 g/mol. The van der Waals surface area contributed by atoms with Crippen LogP contribution >= 0.6 is 0 Å². The molecule has 2 heterocycles. The molecular formula is C21H32N4O2. The van der Waals surface area contributed by atoms with E-state index in [9.17, 15) is 9.59 Å². The van der Waals surface area contributed by atoms with Crippen molar-refractivity contribution in [2.45, 2.75) is 44.9 Å². The van der Waals surface area contributed by atoms with Gasteiger partial charge >= 0.3 is 0 Å². The first-order chi connectivity index (χ1) is 13.2. The van der Waals surface area contributed by atoms with Crippen LogP contribution in [0.4, 0.5) is 11.4 Å². The van der Waals surface area contributed by atoms with Crippen molar-refractivity contribution in [3.05, 3.63) is 24.3 Å². The zero-order chi connectivity index (χ0) is 18.9. The van der Waals surface area contributed by atoms with E-state index < -0.39 is 0 Å². The first-order valence-corrected chi connectivity index (χ1v) is 10.3. The topological polar surface area (TPSA) is 73.5 Å². The third-order valence-corrected chi connectivity index (χ3v) is 5.50. The van der Waals surface area contributed by atoms with E-state index in [-0.39, 0.29) is 11.8 Å². The van der Waals surface area contributed by atoms with E-state index >= 15 is 0 Å². The van der Waals surface area contributed by atoms with Crippen LogP contribution in [0, 0.1) is 5.92 Å². The lowest BCUT2D eigenvalue weighted by atomic mass is 10.0. The minimum Gasteiger partial charge on any atom is -0.326 e. The van der Waals surface area contributed by atoms with E-state index in [4.69, 9.17) is 0 Å². The maximum absolute atomic E-state index is 12.1. The molecule has 2 saturated heterocycles. The molecule has 0 aromatic heterocycles. The van der Waals surface area contributed by atoms with E-state index in [1.54, 1.807) is 0 Å². The van der Waals surface area contributed by atoms with Crippen molar-refractivity contribution in [3.63, 3.8) is 0 Å². The zero-order valence-corrected chi connectivity index (χ0v) is 16.1. The molecule has 1 unspecified atom stereocenters. The highest BCUT2D eigenvalue weighted by molar-refractivity contribution is 5.93. The Morgan fingerprint density at radius 1 is 0.963 bits per heavy atom. The molecule has 2 amide bonds. The maximum Gasteiger partial charge on any atom is 0.225 e. The van der Waals surface area contributed by atoms with Crippen LogP contribution in [0.15, 0.2) is 24.3 Å². The molecule has 2 fully saturated rings. The standard InChI is InChI=1S/C21H32N4O2/c26-20(9-4-17-10-12-22-16-17)23-18-5-7-19(8-6-18)24-21(27)11-15-25-13-2-1-3-14-25/h5-8,17,22H,1-4,9-16H2,(H,23,26)(H,24,27). The fourth-order valence-corrected chi connectivity index (χ4v) is 3.82. The van der Waals surface area contributed by atoms with Gasteiger partial charge in [0.15, 0.2) is 0 Å². The number of amides is 2. The van der Waals surface area contributed by atoms with Crippen LogP contribution in [0.2, 0.25) is 0 Å². The number of carbonyl (C=O) groups is 2. The predicted octanol–water partition coefficient (Wildman–Crippen LogP) is 2.83. The van der Waals surface area contributed by atoms with Gasteiger partial charge in [-0.25, -0.2) is 0 Å². The quantitative estimate of drug-likeness (QED) is 0.656. The lowest BCUT2D eigenvalue weighted by Gasteiger charge is -2.25. The highest BCUT2D eigenvalue weighted by atomic mass is 16.2. The predicted molar refractivity (Wildman–Crippen MR) is 109 cm³/mol. The summed E-state index contributed by atoms with van der Waals surface area (Å²) in [6.45, 7) is 5.14. The fraction of sp³-hybridized carbons (Fsp3) is 0.619. The summed E-state index contributed by atoms with van der Waals surface area (Å²) in [5, 5.41) is 9.20. The molecule has 27 heavy (non-hydrogen) atoms. The van der Waals surface area contributed by atoms with Crippen molar-refractivity contribution in [1.82, 2.24) is 10.2 Å². The van der Waals surface area contributed by atoms with Gasteiger partial charge < -0.3 is 20.9 Å². The molecule has 2 aliphatic heterocycles. The van der Waals surface area contributed by atoms with Gasteiger partial charge in [0, 0.05) is 30.8 Å². The number of likely N-dealkylation sites (tertiary alicyclic amines) is 1. The second kappa shape index (κ2) is 10.4. The normalized spacial score (nSPS) is 20.4. The monoisotopic (exact) mass is 372 g/mol. The van der Waals surface area contributed by atoms with Crippen molar-refractivity contribution in [2.75, 3.05) is 43.4 Å². The first kappa shape index (κ1) is 19.8. The molecule has 3 N–H and O–H groups in total. The Morgan fingerprint density at radius 2 is 1.59 bits per heavy atom. The molecule has 6 nitrogen and oxygen atoms in total. The molecule has 0 spiro atoms. The molecule has 0 saturated carbocycles. The third-order valence-electron chi connectivity index (χ3n) is 5.50. The van der Waals surface area contributed by atoms with Crippen molar-refractivity contribution in [1.29, 1.82) is 0 Å². The molecule has 148 valence electrons. The van der Waals surface area contributed by atoms with Gasteiger partial charge in [-0.2, -0.15) is 0 Å². The Hall–Kier alpha value is -1.92. The Bertz CT molecular complexity index is 605. The smallest absolute Gasteiger partial charge is 0.225 e. The van der Waals surface area contributed by atoms with Gasteiger partial charge in [-0.05, 0) is 82.0 Å². The van der Waals surface area contributed by atoms with Crippen LogP contribution in [-0.4, -0.2) is 49.4 Å². The first-order valence-electron chi connectivity index (χ1n) is 10.3. The average molecular weight is 373 g/mol. The van der Waals surface area contributed by atoms with Crippen molar-refractivity contribution >= 4 is 23.2 Å². The Morgan fingerprint density at radius 3 is 2.19 bits per heavy atom. The van der Waals surface area contributed by atoms with Gasteiger partial charge in [-0.15, -0.1) is 0 Å². The summed E-state index contributed by atoms with van der Waals surface area (Å²) < 4.78 is 0. The molecule has 1 atom stereocenters. The summed E-state index contributed by atoms with van der Waals surface area (Å²) in [4.78, 5) is 26.5. The Balaban J connectivity index is 1.35. The van der Waals surface area contributed by atoms with E-state index in [1.807, 2.05) is 24.3 Å². The van der Waals surface area contributed by atoms with Crippen LogP contribution in [0.25, 0.3) is 0 Å². The van der Waals surface area contributed by atoms with Crippen molar-refractivity contribution < 1.29 is 9.59 Å². The largest absolute Gasteiger partial charge is 0.326 e. The summed E-state index contributed by atoms with van der Waals surface area (Å²) in [6, 6.07) is 7.37. The van der Waals surface area contributed by atoms with Crippen molar-refractivity contribution in [2.24, 2.45) is 5.92 Å². The number of carbonyl (C=O) groups excluding carboxylic acids is 2. The highest BCUT2D eigenvalue weighted by Gasteiger charge is 2.16. The van der Waals surface area contributed by atoms with E-state index in [0.29, 0.717) is 18.8 Å². The van der Waals surface area contributed by atoms with Crippen LogP contribution in [0.1, 0.15) is 44.9 Å². The van der Waals surface area contributed by atoms with Gasteiger partial charge in [0.1, 0.15) is 0 Å². The number of hydrogen-bond donors (Lipinski definition) is 3. The molecule has 0 aliphatic carbocycles. The molecule has 2 aliphatic rings. The molecule has 6 heteroatoms. The summed E-state index contributed by atoms with van der Waals surface area (Å²) in [7, 11) is 0. The van der Waals surface area contributed by atoms with Gasteiger partial charge in [0.25, 0.3) is 0 Å². The lowest BCUT2D eigenvalue weighted by molar-refractivity contribution is -0.117. The maximum atomic E-state index is 12.1. The average Bonchev–Trinajstić information content (AvgIpc) is 3.21. The summed E-state index contributed by atoms with van der Waals surface area (Å²) in [6.07, 6.45) is 6.97. The number of hydrogen-bond acceptors (Lipinski definition) is 4. The molecule has 0 bridgehead atoms. The summed E-state index contributed by atoms with van der Waals surface area (Å²) in [5.74, 6) is 0.723. The van der Waals surface area contributed by atoms with Gasteiger partial charge in [0.05, 0.1) is 0 Å². The number of nitrogens with one attached hydrogen (secondary N) is 3. The minimum absolute atomic E-state index is 0.0440. The molecule has 1 aromatic rings. The molecule has 0 radical (unpaired) electrons. The second-order valence-electron chi connectivity index (χ2n) is 7.72. The number of piperidine rings is 1. The van der Waals surface area contributed by atoms with E-state index in [2.05, 4.69) is 20.9 Å². The van der Waals surface area contributed by atoms with Crippen LogP contribution in [0.3, 0.4) is 0 Å². The van der Waals surface area contributed by atoms with Crippen LogP contribution < -0.4 is 16.0 Å². The number of rotatable bonds is 8. The molecule has 3 rings (SSSR count). The Kier molecular flexibility index (Phi) is 7.66. The number of benzene rings is 1. The number of nitrogens with zero attached hydrogens (tertiary/aromatic N) is 1. The SMILES string of the molecule is O=C(CCC1CCNC1)Nc1ccc(NC(=O)CCN2CCCCC2)cc1. The minimum atomic E-state index is 0.0440. The van der Waals surface area contributed by atoms with Gasteiger partial charge in [-0.3, -0.25) is 9.59 Å². The zero-order valence-electron chi connectivity index (χ0n) is 16.1. The fourth-order valence-electron chi connectivity index (χ4n) is 3.82. The van der Waals surface area contributed by atoms with Crippen LogP contribution in [-0.2, 0) is 9.59 Å².